The number of nitrogens with zero attached hydrogens (tertiary/aromatic N) is 2. The molecule has 38 heavy (non-hydrogen) atoms. The summed E-state index contributed by atoms with van der Waals surface area (Å²) >= 11 is 9.56. The van der Waals surface area contributed by atoms with Crippen LogP contribution in [0.4, 0.5) is 5.69 Å². The van der Waals surface area contributed by atoms with E-state index in [1.807, 2.05) is 43.3 Å². The lowest BCUT2D eigenvalue weighted by molar-refractivity contribution is -0.140. The molecule has 0 saturated carbocycles. The van der Waals surface area contributed by atoms with Gasteiger partial charge >= 0.3 is 0 Å². The van der Waals surface area contributed by atoms with Gasteiger partial charge in [-0.1, -0.05) is 76.9 Å². The molecule has 1 atom stereocenters. The molecule has 202 valence electrons. The second kappa shape index (κ2) is 13.8. The molecule has 3 rings (SSSR count). The molecule has 0 spiro atoms. The van der Waals surface area contributed by atoms with Gasteiger partial charge in [0.05, 0.1) is 11.9 Å². The van der Waals surface area contributed by atoms with Crippen molar-refractivity contribution in [3.63, 3.8) is 0 Å². The molecular formula is C28H31BrClN3O4S. The zero-order chi connectivity index (χ0) is 27.7. The highest BCUT2D eigenvalue weighted by Gasteiger charge is 2.33. The third kappa shape index (κ3) is 8.58. The van der Waals surface area contributed by atoms with Crippen molar-refractivity contribution < 1.29 is 18.0 Å². The van der Waals surface area contributed by atoms with E-state index in [2.05, 4.69) is 21.2 Å². The van der Waals surface area contributed by atoms with Crippen molar-refractivity contribution in [2.24, 2.45) is 0 Å². The van der Waals surface area contributed by atoms with Crippen molar-refractivity contribution in [1.29, 1.82) is 0 Å². The lowest BCUT2D eigenvalue weighted by Gasteiger charge is -2.33. The van der Waals surface area contributed by atoms with Crippen LogP contribution in [0.15, 0.2) is 83.3 Å². The minimum absolute atomic E-state index is 0.0778. The standard InChI is InChI=1S/C28H31BrClN3O4S/c1-3-16-31-28(35)26(18-21-8-5-4-6-9-21)32(19-22-10-7-11-24(30)17-22)27(34)20-33(38(2,36)37)25-14-12-23(29)13-15-25/h4-15,17,26H,3,16,18-20H2,1-2H3,(H,31,35)/t26-/m0/s1. The Morgan fingerprint density at radius 2 is 1.63 bits per heavy atom. The van der Waals surface area contributed by atoms with Gasteiger partial charge in [0, 0.05) is 29.0 Å². The predicted octanol–water partition coefficient (Wildman–Crippen LogP) is 5.03. The van der Waals surface area contributed by atoms with Crippen molar-refractivity contribution in [2.75, 3.05) is 23.7 Å². The largest absolute Gasteiger partial charge is 0.354 e. The lowest BCUT2D eigenvalue weighted by atomic mass is 10.0. The molecule has 0 bridgehead atoms. The number of hydrogen-bond donors (Lipinski definition) is 1. The molecule has 0 saturated heterocycles. The van der Waals surface area contributed by atoms with Gasteiger partial charge in [0.15, 0.2) is 0 Å². The summed E-state index contributed by atoms with van der Waals surface area (Å²) in [4.78, 5) is 28.8. The summed E-state index contributed by atoms with van der Waals surface area (Å²) in [5, 5.41) is 3.41. The molecule has 0 heterocycles. The first-order valence-electron chi connectivity index (χ1n) is 12.2. The maximum atomic E-state index is 13.9. The van der Waals surface area contributed by atoms with E-state index < -0.39 is 28.5 Å². The molecule has 0 radical (unpaired) electrons. The van der Waals surface area contributed by atoms with Gasteiger partial charge in [0.2, 0.25) is 21.8 Å². The third-order valence-corrected chi connectivity index (χ3v) is 7.76. The molecule has 0 unspecified atom stereocenters. The average molecular weight is 621 g/mol. The van der Waals surface area contributed by atoms with E-state index in [1.165, 1.54) is 4.90 Å². The number of halogens is 2. The fraction of sp³-hybridized carbons (Fsp3) is 0.286. The molecule has 3 aromatic rings. The quantitative estimate of drug-likeness (QED) is 0.308. The van der Waals surface area contributed by atoms with E-state index in [-0.39, 0.29) is 18.9 Å². The Labute approximate surface area is 238 Å². The van der Waals surface area contributed by atoms with Gasteiger partial charge in [-0.3, -0.25) is 13.9 Å². The van der Waals surface area contributed by atoms with Crippen molar-refractivity contribution in [3.05, 3.63) is 99.5 Å². The molecule has 0 fully saturated rings. The van der Waals surface area contributed by atoms with Crippen molar-refractivity contribution in [2.45, 2.75) is 32.4 Å². The SMILES string of the molecule is CCCNC(=O)[C@H](Cc1ccccc1)N(Cc1cccc(Cl)c1)C(=O)CN(c1ccc(Br)cc1)S(C)(=O)=O. The maximum absolute atomic E-state index is 13.9. The number of nitrogens with one attached hydrogen (secondary N) is 1. The van der Waals surface area contributed by atoms with Crippen molar-refractivity contribution >= 4 is 55.1 Å². The van der Waals surface area contributed by atoms with Gasteiger partial charge < -0.3 is 10.2 Å². The summed E-state index contributed by atoms with van der Waals surface area (Å²) < 4.78 is 27.4. The molecule has 10 heteroatoms. The Kier molecular flexibility index (Phi) is 10.8. The molecule has 0 aliphatic heterocycles. The molecule has 2 amide bonds. The Morgan fingerprint density at radius 1 is 0.974 bits per heavy atom. The molecule has 1 N–H and O–H groups in total. The minimum atomic E-state index is -3.81. The normalized spacial score (nSPS) is 12.0. The number of benzene rings is 3. The number of carbonyl (C=O) groups excluding carboxylic acids is 2. The van der Waals surface area contributed by atoms with Crippen LogP contribution in [0.3, 0.4) is 0 Å². The fourth-order valence-electron chi connectivity index (χ4n) is 3.97. The summed E-state index contributed by atoms with van der Waals surface area (Å²) in [6.07, 6.45) is 2.05. The summed E-state index contributed by atoms with van der Waals surface area (Å²) in [6.45, 7) is 2.02. The van der Waals surface area contributed by atoms with Crippen LogP contribution in [-0.4, -0.2) is 50.5 Å². The summed E-state index contributed by atoms with van der Waals surface area (Å²) in [6, 6.07) is 22.2. The lowest BCUT2D eigenvalue weighted by Crippen LogP contribution is -2.53. The summed E-state index contributed by atoms with van der Waals surface area (Å²) in [7, 11) is -3.81. The Balaban J connectivity index is 2.03. The summed E-state index contributed by atoms with van der Waals surface area (Å²) in [5.74, 6) is -0.813. The molecule has 7 nitrogen and oxygen atoms in total. The fourth-order valence-corrected chi connectivity index (χ4v) is 5.30. The van der Waals surface area contributed by atoms with Crippen LogP contribution < -0.4 is 9.62 Å². The van der Waals surface area contributed by atoms with Gasteiger partial charge in [0.25, 0.3) is 0 Å². The number of carbonyl (C=O) groups is 2. The number of sulfonamides is 1. The van der Waals surface area contributed by atoms with Crippen molar-refractivity contribution in [1.82, 2.24) is 10.2 Å². The maximum Gasteiger partial charge on any atom is 0.244 e. The van der Waals surface area contributed by atoms with E-state index in [0.29, 0.717) is 17.3 Å². The van der Waals surface area contributed by atoms with Crippen LogP contribution in [0.25, 0.3) is 0 Å². The smallest absolute Gasteiger partial charge is 0.244 e. The number of amides is 2. The van der Waals surface area contributed by atoms with Gasteiger partial charge in [0.1, 0.15) is 12.6 Å². The van der Waals surface area contributed by atoms with Crippen LogP contribution in [0.1, 0.15) is 24.5 Å². The topological polar surface area (TPSA) is 86.8 Å². The van der Waals surface area contributed by atoms with Crippen LogP contribution in [0.5, 0.6) is 0 Å². The Hall–Kier alpha value is -2.88. The zero-order valence-corrected chi connectivity index (χ0v) is 24.5. The third-order valence-electron chi connectivity index (χ3n) is 5.86. The van der Waals surface area contributed by atoms with Gasteiger partial charge in [-0.25, -0.2) is 8.42 Å². The highest BCUT2D eigenvalue weighted by atomic mass is 79.9. The van der Waals surface area contributed by atoms with Gasteiger partial charge in [-0.2, -0.15) is 0 Å². The number of hydrogen-bond acceptors (Lipinski definition) is 4. The Morgan fingerprint density at radius 3 is 2.24 bits per heavy atom. The molecule has 0 aliphatic rings. The van der Waals surface area contributed by atoms with Crippen LogP contribution in [-0.2, 0) is 32.6 Å². The van der Waals surface area contributed by atoms with E-state index in [0.717, 1.165) is 32.6 Å². The molecule has 0 aliphatic carbocycles. The highest BCUT2D eigenvalue weighted by molar-refractivity contribution is 9.10. The first kappa shape index (κ1) is 29.7. The van der Waals surface area contributed by atoms with Crippen LogP contribution in [0.2, 0.25) is 5.02 Å². The Bertz CT molecular complexity index is 1340. The monoisotopic (exact) mass is 619 g/mol. The second-order valence-electron chi connectivity index (χ2n) is 8.89. The first-order valence-corrected chi connectivity index (χ1v) is 15.2. The predicted molar refractivity (Wildman–Crippen MR) is 156 cm³/mol. The highest BCUT2D eigenvalue weighted by Crippen LogP contribution is 2.23. The van der Waals surface area contributed by atoms with Gasteiger partial charge in [-0.15, -0.1) is 0 Å². The van der Waals surface area contributed by atoms with Crippen LogP contribution in [0, 0.1) is 0 Å². The van der Waals surface area contributed by atoms with Crippen LogP contribution >= 0.6 is 27.5 Å². The minimum Gasteiger partial charge on any atom is -0.354 e. The second-order valence-corrected chi connectivity index (χ2v) is 12.2. The van der Waals surface area contributed by atoms with E-state index >= 15 is 0 Å². The molecule has 3 aromatic carbocycles. The summed E-state index contributed by atoms with van der Waals surface area (Å²) in [5.41, 5.74) is 1.95. The molecular weight excluding hydrogens is 590 g/mol. The number of rotatable bonds is 12. The van der Waals surface area contributed by atoms with Gasteiger partial charge in [-0.05, 0) is 53.9 Å². The first-order chi connectivity index (χ1) is 18.1. The molecule has 0 aromatic heterocycles. The zero-order valence-electron chi connectivity index (χ0n) is 21.3. The average Bonchev–Trinajstić information content (AvgIpc) is 2.88. The number of anilines is 1. The van der Waals surface area contributed by atoms with E-state index in [9.17, 15) is 18.0 Å². The van der Waals surface area contributed by atoms with Crippen molar-refractivity contribution in [3.8, 4) is 0 Å². The van der Waals surface area contributed by atoms with E-state index in [4.69, 9.17) is 11.6 Å². The van der Waals surface area contributed by atoms with E-state index in [1.54, 1.807) is 42.5 Å².